The minimum atomic E-state index is -8.98. The van der Waals surface area contributed by atoms with Crippen molar-refractivity contribution >= 4 is 20.4 Å². The Hall–Kier alpha value is -3.47. The number of rotatable bonds is 13. The molecule has 0 N–H and O–H groups in total. The molecule has 23 heteroatoms. The van der Waals surface area contributed by atoms with E-state index in [0.717, 1.165) is 72.8 Å². The number of hydrogen-bond donors (Lipinski definition) is 0. The summed E-state index contributed by atoms with van der Waals surface area (Å²) < 4.78 is 275. The molecule has 0 radical (unpaired) electrons. The zero-order chi connectivity index (χ0) is 41.1. The van der Waals surface area contributed by atoms with Crippen LogP contribution in [0.5, 0.6) is 5.75 Å². The van der Waals surface area contributed by atoms with Gasteiger partial charge in [0.1, 0.15) is 11.4 Å². The van der Waals surface area contributed by atoms with Gasteiger partial charge in [0, 0.05) is 14.7 Å². The zero-order valence-corrected chi connectivity index (χ0v) is 28.1. The average molecular weight is 835 g/mol. The van der Waals surface area contributed by atoms with E-state index in [4.69, 9.17) is 4.74 Å². The van der Waals surface area contributed by atoms with Crippen LogP contribution in [0.4, 0.5) is 74.6 Å². The van der Waals surface area contributed by atoms with Gasteiger partial charge >= 0.3 is 57.1 Å². The smallest absolute Gasteiger partial charge is 0.460 e. The zero-order valence-electron chi connectivity index (χ0n) is 26.5. The van der Waals surface area contributed by atoms with Crippen LogP contribution in [-0.2, 0) is 13.7 Å². The maximum Gasteiger partial charge on any atom is 0.460 e. The minimum absolute atomic E-state index is 0.00565. The van der Waals surface area contributed by atoms with Crippen LogP contribution in [-0.4, -0.2) is 61.0 Å². The van der Waals surface area contributed by atoms with Gasteiger partial charge in [-0.2, -0.15) is 83.1 Å². The fourth-order valence-electron chi connectivity index (χ4n) is 4.29. The van der Waals surface area contributed by atoms with Gasteiger partial charge in [-0.25, -0.2) is 3.63 Å². The second-order valence-electron chi connectivity index (χ2n) is 11.9. The monoisotopic (exact) mass is 834 g/mol. The van der Waals surface area contributed by atoms with Crippen molar-refractivity contribution in [1.82, 2.24) is 0 Å². The van der Waals surface area contributed by atoms with E-state index in [-0.39, 0.29) is 5.75 Å². The van der Waals surface area contributed by atoms with Crippen molar-refractivity contribution in [3.05, 3.63) is 84.9 Å². The van der Waals surface area contributed by atoms with Gasteiger partial charge in [0.05, 0.1) is 0 Å². The third kappa shape index (κ3) is 6.89. The van der Waals surface area contributed by atoms with E-state index in [1.807, 2.05) is 0 Å². The third-order valence-electron chi connectivity index (χ3n) is 6.93. The van der Waals surface area contributed by atoms with Crippen LogP contribution in [0.1, 0.15) is 20.8 Å². The molecule has 3 aromatic rings. The Morgan fingerprint density at radius 1 is 0.434 bits per heavy atom. The largest absolute Gasteiger partial charge is 0.488 e. The van der Waals surface area contributed by atoms with Crippen molar-refractivity contribution in [2.24, 2.45) is 0 Å². The second kappa shape index (κ2) is 13.4. The van der Waals surface area contributed by atoms with Gasteiger partial charge in [0.25, 0.3) is 0 Å². The molecule has 0 unspecified atom stereocenters. The summed E-state index contributed by atoms with van der Waals surface area (Å²) in [7, 11) is -12.5. The molecular weight excluding hydrogens is 811 g/mol. The Kier molecular flexibility index (Phi) is 11.1. The van der Waals surface area contributed by atoms with Crippen LogP contribution < -0.4 is 4.74 Å². The summed E-state index contributed by atoms with van der Waals surface area (Å²) in [6.45, 7) is 4.71. The number of halogens is 17. The predicted molar refractivity (Wildman–Crippen MR) is 153 cm³/mol. The molecule has 0 aliphatic rings. The molecule has 0 amide bonds. The number of hydrogen-bond acceptors (Lipinski definition) is 4. The Morgan fingerprint density at radius 2 is 0.755 bits per heavy atom. The highest BCUT2D eigenvalue weighted by molar-refractivity contribution is 8.33. The fraction of sp³-hybridized carbons (Fsp3) is 0.400. The van der Waals surface area contributed by atoms with Crippen molar-refractivity contribution in [1.29, 1.82) is 0 Å². The van der Waals surface area contributed by atoms with Crippen LogP contribution in [0, 0.1) is 0 Å². The van der Waals surface area contributed by atoms with Gasteiger partial charge in [-0.3, -0.25) is 0 Å². The summed E-state index contributed by atoms with van der Waals surface area (Å²) in [4.78, 5) is -1.58. The Bertz CT molecular complexity index is 1800. The van der Waals surface area contributed by atoms with E-state index < -0.39 is 87.7 Å². The molecule has 0 fully saturated rings. The molecule has 3 rings (SSSR count). The topological polar surface area (TPSA) is 52.6 Å². The van der Waals surface area contributed by atoms with E-state index in [0.29, 0.717) is 0 Å². The fourth-order valence-corrected chi connectivity index (χ4v) is 9.51. The van der Waals surface area contributed by atoms with E-state index in [1.165, 1.54) is 12.1 Å². The molecule has 4 nitrogen and oxygen atoms in total. The summed E-state index contributed by atoms with van der Waals surface area (Å²) in [5, 5.41) is -7.89. The van der Waals surface area contributed by atoms with Gasteiger partial charge in [-0.1, -0.05) is 36.4 Å². The van der Waals surface area contributed by atoms with Gasteiger partial charge < -0.3 is 4.74 Å². The van der Waals surface area contributed by atoms with Gasteiger partial charge in [-0.05, 0) is 79.6 Å². The van der Waals surface area contributed by atoms with E-state index in [2.05, 4.69) is 3.63 Å². The highest BCUT2D eigenvalue weighted by atomic mass is 32.3. The summed E-state index contributed by atoms with van der Waals surface area (Å²) in [6.07, 6.45) is -7.94. The average Bonchev–Trinajstić information content (AvgIpc) is 3.03. The molecule has 53 heavy (non-hydrogen) atoms. The van der Waals surface area contributed by atoms with Gasteiger partial charge in [0.15, 0.2) is 0 Å². The van der Waals surface area contributed by atoms with Crippen molar-refractivity contribution in [3.8, 4) is 5.75 Å². The molecule has 0 spiro atoms. The number of benzene rings is 3. The molecular formula is C30H23F17O4S2. The quantitative estimate of drug-likeness (QED) is 0.161. The van der Waals surface area contributed by atoms with Crippen LogP contribution >= 0.6 is 10.3 Å². The molecule has 0 aliphatic heterocycles. The Morgan fingerprint density at radius 3 is 1.09 bits per heavy atom. The lowest BCUT2D eigenvalue weighted by atomic mass is 9.91. The molecule has 0 saturated carbocycles. The second-order valence-corrected chi connectivity index (χ2v) is 16.3. The standard InChI is InChI=1S/C30H23F17O4S2/c1-22(2,3)50-18-14-16-21(17-15-18)52(19-10-6-4-7-11-19,20-12-8-5-9-13-20)51-53(48,49)30(46,47)28(41,42)26(37,38)24(33,34)23(31,32)25(35,36)27(39,40)29(43,44)45/h4-17H,1-3H3. The molecule has 0 heterocycles. The first-order chi connectivity index (χ1) is 23.6. The van der Waals surface area contributed by atoms with E-state index >= 15 is 8.78 Å². The molecule has 0 atom stereocenters. The third-order valence-corrected chi connectivity index (χ3v) is 12.2. The lowest BCUT2D eigenvalue weighted by Crippen LogP contribution is -2.75. The molecule has 3 aromatic carbocycles. The maximum atomic E-state index is 15.4. The van der Waals surface area contributed by atoms with Crippen molar-refractivity contribution in [2.75, 3.05) is 0 Å². The maximum absolute atomic E-state index is 15.4. The summed E-state index contributed by atoms with van der Waals surface area (Å²) in [6, 6.07) is 14.7. The molecule has 0 aliphatic carbocycles. The molecule has 0 bridgehead atoms. The van der Waals surface area contributed by atoms with Crippen LogP contribution in [0.2, 0.25) is 0 Å². The van der Waals surface area contributed by atoms with Crippen LogP contribution in [0.3, 0.4) is 0 Å². The molecule has 298 valence electrons. The van der Waals surface area contributed by atoms with Crippen LogP contribution in [0.15, 0.2) is 99.6 Å². The Labute approximate surface area is 290 Å². The van der Waals surface area contributed by atoms with Crippen molar-refractivity contribution in [3.63, 3.8) is 0 Å². The van der Waals surface area contributed by atoms with E-state index in [9.17, 15) is 74.3 Å². The predicted octanol–water partition coefficient (Wildman–Crippen LogP) is 11.4. The highest BCUT2D eigenvalue weighted by Gasteiger charge is 2.96. The van der Waals surface area contributed by atoms with Crippen molar-refractivity contribution in [2.45, 2.75) is 88.0 Å². The summed E-state index contributed by atoms with van der Waals surface area (Å²) in [5.74, 6) is -52.4. The lowest BCUT2D eigenvalue weighted by Gasteiger charge is -2.43. The van der Waals surface area contributed by atoms with Crippen molar-refractivity contribution < 1.29 is 91.4 Å². The first-order valence-corrected chi connectivity index (χ1v) is 17.0. The number of alkyl halides is 17. The SMILES string of the molecule is CC(C)(C)Oc1ccc(S(OS(=O)(=O)C(F)(F)C(F)(F)C(F)(F)C(F)(F)C(F)(F)C(F)(F)C(F)(F)C(F)(F)F)(c2ccccc2)c2ccccc2)cc1. The highest BCUT2D eigenvalue weighted by Crippen LogP contribution is 2.72. The minimum Gasteiger partial charge on any atom is -0.488 e. The molecule has 0 aromatic heterocycles. The van der Waals surface area contributed by atoms with Gasteiger partial charge in [0.2, 0.25) is 0 Å². The lowest BCUT2D eigenvalue weighted by molar-refractivity contribution is -0.458. The van der Waals surface area contributed by atoms with Crippen LogP contribution in [0.25, 0.3) is 0 Å². The first kappa shape index (κ1) is 43.9. The first-order valence-electron chi connectivity index (χ1n) is 14.0. The number of ether oxygens (including phenoxy) is 1. The Balaban J connectivity index is 2.32. The van der Waals surface area contributed by atoms with E-state index in [1.54, 1.807) is 20.8 Å². The molecule has 0 saturated heterocycles. The summed E-state index contributed by atoms with van der Waals surface area (Å²) in [5.41, 5.74) is -0.894. The summed E-state index contributed by atoms with van der Waals surface area (Å²) >= 11 is 0. The van der Waals surface area contributed by atoms with Gasteiger partial charge in [-0.15, -0.1) is 0 Å². The normalized spacial score (nSPS) is 15.3.